The number of aliphatic imine (C=N–C) groups is 1. The molecule has 2 heterocycles. The second kappa shape index (κ2) is 9.16. The van der Waals surface area contributed by atoms with E-state index in [1.165, 1.54) is 17.4 Å². The number of carbonyl (C=O) groups excluding carboxylic acids is 2. The molecule has 0 fully saturated rings. The van der Waals surface area contributed by atoms with Crippen LogP contribution in [0.3, 0.4) is 0 Å². The first-order valence-electron chi connectivity index (χ1n) is 8.56. The number of thiophene rings is 1. The molecule has 1 aromatic heterocycles. The monoisotopic (exact) mass is 463 g/mol. The molecule has 0 saturated carbocycles. The Morgan fingerprint density at radius 3 is 2.75 bits per heavy atom. The Kier molecular flexibility index (Phi) is 6.64. The van der Waals surface area contributed by atoms with Gasteiger partial charge in [0, 0.05) is 21.0 Å². The summed E-state index contributed by atoms with van der Waals surface area (Å²) in [5.41, 5.74) is -0.691. The number of halogens is 1. The van der Waals surface area contributed by atoms with Gasteiger partial charge in [0.05, 0.1) is 6.61 Å². The third-order valence-corrected chi connectivity index (χ3v) is 5.26. The zero-order valence-electron chi connectivity index (χ0n) is 15.1. The number of rotatable bonds is 7. The van der Waals surface area contributed by atoms with Crippen LogP contribution in [0.4, 0.5) is 0 Å². The maximum absolute atomic E-state index is 12.5. The molecule has 1 aliphatic heterocycles. The standard InChI is InChI=1S/C20H18BrNO5S/c1-2-25-19(24)20(12-26-17(23)10-9-16-4-3-11-28-16)13-27-18(22-20)14-5-7-15(21)8-6-14/h3-11H,2,12-13H2,1H3/b10-9+/t20-/m0/s1. The molecule has 0 saturated heterocycles. The summed E-state index contributed by atoms with van der Waals surface area (Å²) >= 11 is 4.88. The molecule has 2 aromatic rings. The summed E-state index contributed by atoms with van der Waals surface area (Å²) in [6.45, 7) is 1.57. The lowest BCUT2D eigenvalue weighted by Gasteiger charge is -2.20. The van der Waals surface area contributed by atoms with Crippen LogP contribution in [0.25, 0.3) is 6.08 Å². The minimum absolute atomic E-state index is 0.0564. The van der Waals surface area contributed by atoms with Gasteiger partial charge in [0.15, 0.2) is 0 Å². The third-order valence-electron chi connectivity index (χ3n) is 3.89. The molecule has 0 bridgehead atoms. The van der Waals surface area contributed by atoms with Gasteiger partial charge in [-0.1, -0.05) is 22.0 Å². The molecule has 0 spiro atoms. The van der Waals surface area contributed by atoms with Crippen molar-refractivity contribution in [2.75, 3.05) is 19.8 Å². The molecule has 6 nitrogen and oxygen atoms in total. The van der Waals surface area contributed by atoms with Crippen LogP contribution in [0.2, 0.25) is 0 Å². The normalized spacial score (nSPS) is 18.6. The molecule has 1 aliphatic rings. The highest BCUT2D eigenvalue weighted by molar-refractivity contribution is 9.10. The van der Waals surface area contributed by atoms with Crippen molar-refractivity contribution in [3.63, 3.8) is 0 Å². The Labute approximate surface area is 175 Å². The third kappa shape index (κ3) is 4.88. The van der Waals surface area contributed by atoms with Crippen LogP contribution in [0.5, 0.6) is 0 Å². The van der Waals surface area contributed by atoms with Gasteiger partial charge in [0.2, 0.25) is 11.4 Å². The van der Waals surface area contributed by atoms with Crippen molar-refractivity contribution in [2.45, 2.75) is 12.5 Å². The summed E-state index contributed by atoms with van der Waals surface area (Å²) in [4.78, 5) is 29.9. The highest BCUT2D eigenvalue weighted by atomic mass is 79.9. The van der Waals surface area contributed by atoms with Crippen molar-refractivity contribution in [3.8, 4) is 0 Å². The molecular formula is C20H18BrNO5S. The first-order valence-corrected chi connectivity index (χ1v) is 10.2. The van der Waals surface area contributed by atoms with Crippen LogP contribution < -0.4 is 0 Å². The molecule has 0 unspecified atom stereocenters. The predicted octanol–water partition coefficient (Wildman–Crippen LogP) is 3.85. The van der Waals surface area contributed by atoms with Crippen LogP contribution >= 0.6 is 27.3 Å². The fourth-order valence-electron chi connectivity index (χ4n) is 2.46. The van der Waals surface area contributed by atoms with Gasteiger partial charge in [-0.2, -0.15) is 0 Å². The summed E-state index contributed by atoms with van der Waals surface area (Å²) in [6.07, 6.45) is 2.98. The zero-order valence-corrected chi connectivity index (χ0v) is 17.5. The van der Waals surface area contributed by atoms with Gasteiger partial charge >= 0.3 is 11.9 Å². The second-order valence-corrected chi connectivity index (χ2v) is 7.82. The highest BCUT2D eigenvalue weighted by Gasteiger charge is 2.47. The van der Waals surface area contributed by atoms with Crippen LogP contribution in [0.15, 0.2) is 57.3 Å². The van der Waals surface area contributed by atoms with E-state index in [1.807, 2.05) is 41.8 Å². The summed E-state index contributed by atoms with van der Waals surface area (Å²) in [6, 6.07) is 11.1. The van der Waals surface area contributed by atoms with E-state index in [0.29, 0.717) is 5.90 Å². The quantitative estimate of drug-likeness (QED) is 0.460. The number of hydrogen-bond acceptors (Lipinski definition) is 7. The highest BCUT2D eigenvalue weighted by Crippen LogP contribution is 2.25. The van der Waals surface area contributed by atoms with Gasteiger partial charge in [0.1, 0.15) is 13.2 Å². The minimum atomic E-state index is -1.41. The number of hydrogen-bond donors (Lipinski definition) is 0. The predicted molar refractivity (Wildman–Crippen MR) is 110 cm³/mol. The number of carbonyl (C=O) groups is 2. The Balaban J connectivity index is 1.74. The van der Waals surface area contributed by atoms with Gasteiger partial charge in [-0.3, -0.25) is 0 Å². The second-order valence-electron chi connectivity index (χ2n) is 5.92. The smallest absolute Gasteiger partial charge is 0.341 e. The Bertz CT molecular complexity index is 892. The molecule has 0 N–H and O–H groups in total. The maximum atomic E-state index is 12.5. The minimum Gasteiger partial charge on any atom is -0.474 e. The molecule has 1 aromatic carbocycles. The molecule has 146 valence electrons. The number of benzene rings is 1. The van der Waals surface area contributed by atoms with E-state index in [0.717, 1.165) is 14.9 Å². The first-order chi connectivity index (χ1) is 13.5. The molecule has 0 amide bonds. The topological polar surface area (TPSA) is 74.2 Å². The van der Waals surface area contributed by atoms with Crippen molar-refractivity contribution in [1.29, 1.82) is 0 Å². The largest absolute Gasteiger partial charge is 0.474 e. The lowest BCUT2D eigenvalue weighted by atomic mass is 10.0. The maximum Gasteiger partial charge on any atom is 0.341 e. The Morgan fingerprint density at radius 1 is 1.29 bits per heavy atom. The zero-order chi connectivity index (χ0) is 20.0. The van der Waals surface area contributed by atoms with E-state index in [9.17, 15) is 9.59 Å². The van der Waals surface area contributed by atoms with Gasteiger partial charge < -0.3 is 14.2 Å². The first kappa shape index (κ1) is 20.3. The summed E-state index contributed by atoms with van der Waals surface area (Å²) in [5.74, 6) is -0.841. The van der Waals surface area contributed by atoms with Gasteiger partial charge in [-0.25, -0.2) is 14.6 Å². The number of esters is 2. The van der Waals surface area contributed by atoms with Crippen molar-refractivity contribution >= 4 is 51.2 Å². The summed E-state index contributed by atoms with van der Waals surface area (Å²) < 4.78 is 17.0. The molecule has 0 radical (unpaired) electrons. The number of nitrogens with zero attached hydrogens (tertiary/aromatic N) is 1. The van der Waals surface area contributed by atoms with E-state index in [1.54, 1.807) is 13.0 Å². The van der Waals surface area contributed by atoms with Crippen LogP contribution in [0.1, 0.15) is 17.4 Å². The van der Waals surface area contributed by atoms with Gasteiger partial charge in [-0.05, 0) is 48.7 Å². The lowest BCUT2D eigenvalue weighted by Crippen LogP contribution is -2.45. The van der Waals surface area contributed by atoms with Crippen molar-refractivity contribution < 1.29 is 23.8 Å². The van der Waals surface area contributed by atoms with Crippen molar-refractivity contribution in [1.82, 2.24) is 0 Å². The van der Waals surface area contributed by atoms with Crippen LogP contribution in [-0.2, 0) is 23.8 Å². The SMILES string of the molecule is CCOC(=O)[C@]1(COC(=O)/C=C/c2cccs2)COC(c2ccc(Br)cc2)=N1. The van der Waals surface area contributed by atoms with E-state index in [-0.39, 0.29) is 19.8 Å². The summed E-state index contributed by atoms with van der Waals surface area (Å²) in [5, 5.41) is 1.91. The van der Waals surface area contributed by atoms with Gasteiger partial charge in [-0.15, -0.1) is 11.3 Å². The van der Waals surface area contributed by atoms with Gasteiger partial charge in [0.25, 0.3) is 0 Å². The average molecular weight is 464 g/mol. The van der Waals surface area contributed by atoms with Crippen LogP contribution in [-0.4, -0.2) is 43.2 Å². The number of ether oxygens (including phenoxy) is 3. The van der Waals surface area contributed by atoms with E-state index in [2.05, 4.69) is 20.9 Å². The van der Waals surface area contributed by atoms with Crippen molar-refractivity contribution in [2.24, 2.45) is 4.99 Å². The molecule has 28 heavy (non-hydrogen) atoms. The molecular weight excluding hydrogens is 446 g/mol. The Morgan fingerprint density at radius 2 is 2.07 bits per heavy atom. The fourth-order valence-corrected chi connectivity index (χ4v) is 3.35. The molecule has 1 atom stereocenters. The van der Waals surface area contributed by atoms with E-state index < -0.39 is 17.5 Å². The molecule has 0 aliphatic carbocycles. The molecule has 3 rings (SSSR count). The fraction of sp³-hybridized carbons (Fsp3) is 0.250. The lowest BCUT2D eigenvalue weighted by molar-refractivity contribution is -0.155. The summed E-state index contributed by atoms with van der Waals surface area (Å²) in [7, 11) is 0. The van der Waals surface area contributed by atoms with E-state index >= 15 is 0 Å². The van der Waals surface area contributed by atoms with Crippen molar-refractivity contribution in [3.05, 3.63) is 62.8 Å². The average Bonchev–Trinajstić information content (AvgIpc) is 3.36. The van der Waals surface area contributed by atoms with Crippen LogP contribution in [0, 0.1) is 0 Å². The van der Waals surface area contributed by atoms with E-state index in [4.69, 9.17) is 14.2 Å². The Hall–Kier alpha value is -2.45. The molecule has 8 heteroatoms.